The van der Waals surface area contributed by atoms with Crippen LogP contribution in [0.4, 0.5) is 0 Å². The Balaban J connectivity index is 1.89. The van der Waals surface area contributed by atoms with Gasteiger partial charge in [0.05, 0.1) is 0 Å². The van der Waals surface area contributed by atoms with Crippen molar-refractivity contribution in [3.63, 3.8) is 0 Å². The summed E-state index contributed by atoms with van der Waals surface area (Å²) in [5.41, 5.74) is 9.61. The van der Waals surface area contributed by atoms with E-state index in [1.54, 1.807) is 5.56 Å². The van der Waals surface area contributed by atoms with Crippen LogP contribution in [0.5, 0.6) is 0 Å². The number of nitrogens with two attached hydrogens (primary N) is 1. The Kier molecular flexibility index (Phi) is 4.13. The van der Waals surface area contributed by atoms with E-state index in [4.69, 9.17) is 5.73 Å². The molecule has 2 unspecified atom stereocenters. The first-order chi connectivity index (χ1) is 9.76. The molecule has 1 aromatic carbocycles. The number of fused-ring (bicyclic) bond motifs is 1. The average molecular weight is 272 g/mol. The van der Waals surface area contributed by atoms with Crippen molar-refractivity contribution < 1.29 is 0 Å². The molecule has 1 saturated carbocycles. The van der Waals surface area contributed by atoms with E-state index >= 15 is 0 Å². The maximum atomic E-state index is 6.29. The standard InChI is InChI=1S/C18H28N2/c1-15-7-4-5-11-18(15,14-19)20-12-6-10-16-8-2-3-9-17(16)13-20/h2-3,8-9,15H,4-7,10-14,19H2,1H3. The normalized spacial score (nSPS) is 31.6. The molecule has 3 rings (SSSR count). The van der Waals surface area contributed by atoms with Crippen molar-refractivity contribution in [2.24, 2.45) is 11.7 Å². The lowest BCUT2D eigenvalue weighted by molar-refractivity contribution is 0.00770. The Bertz CT molecular complexity index is 456. The average Bonchev–Trinajstić information content (AvgIpc) is 2.70. The van der Waals surface area contributed by atoms with E-state index in [-0.39, 0.29) is 5.54 Å². The van der Waals surface area contributed by atoms with Gasteiger partial charge in [0.25, 0.3) is 0 Å². The van der Waals surface area contributed by atoms with Gasteiger partial charge in [0.15, 0.2) is 0 Å². The van der Waals surface area contributed by atoms with Crippen molar-refractivity contribution in [2.45, 2.75) is 57.5 Å². The molecule has 2 aliphatic rings. The second kappa shape index (κ2) is 5.87. The molecule has 0 spiro atoms. The van der Waals surface area contributed by atoms with Crippen LogP contribution in [0.25, 0.3) is 0 Å². The number of nitrogens with zero attached hydrogens (tertiary/aromatic N) is 1. The molecule has 0 radical (unpaired) electrons. The number of hydrogen-bond donors (Lipinski definition) is 1. The topological polar surface area (TPSA) is 29.3 Å². The fourth-order valence-corrected chi connectivity index (χ4v) is 4.38. The minimum absolute atomic E-state index is 0.246. The van der Waals surface area contributed by atoms with Gasteiger partial charge in [-0.3, -0.25) is 4.90 Å². The molecule has 1 aliphatic heterocycles. The molecule has 2 nitrogen and oxygen atoms in total. The summed E-state index contributed by atoms with van der Waals surface area (Å²) in [4.78, 5) is 2.72. The lowest BCUT2D eigenvalue weighted by atomic mass is 9.72. The van der Waals surface area contributed by atoms with Crippen LogP contribution >= 0.6 is 0 Å². The largest absolute Gasteiger partial charge is 0.329 e. The minimum atomic E-state index is 0.246. The summed E-state index contributed by atoms with van der Waals surface area (Å²) >= 11 is 0. The predicted molar refractivity (Wildman–Crippen MR) is 84.6 cm³/mol. The zero-order chi connectivity index (χ0) is 14.0. The van der Waals surface area contributed by atoms with Crippen LogP contribution in [0.3, 0.4) is 0 Å². The molecule has 0 bridgehead atoms. The first-order valence-corrected chi connectivity index (χ1v) is 8.28. The summed E-state index contributed by atoms with van der Waals surface area (Å²) in [6, 6.07) is 8.97. The molecular weight excluding hydrogens is 244 g/mol. The maximum absolute atomic E-state index is 6.29. The first-order valence-electron chi connectivity index (χ1n) is 8.28. The van der Waals surface area contributed by atoms with E-state index in [0.717, 1.165) is 19.0 Å². The highest BCUT2D eigenvalue weighted by Crippen LogP contribution is 2.39. The van der Waals surface area contributed by atoms with Gasteiger partial charge in [-0.05, 0) is 49.3 Å². The number of hydrogen-bond acceptors (Lipinski definition) is 2. The van der Waals surface area contributed by atoms with Gasteiger partial charge in [0, 0.05) is 18.6 Å². The van der Waals surface area contributed by atoms with Crippen molar-refractivity contribution in [3.05, 3.63) is 35.4 Å². The molecule has 0 amide bonds. The molecular formula is C18H28N2. The SMILES string of the molecule is CC1CCCCC1(CN)N1CCCc2ccccc2C1. The van der Waals surface area contributed by atoms with Crippen molar-refractivity contribution in [3.8, 4) is 0 Å². The van der Waals surface area contributed by atoms with Crippen LogP contribution in [0.2, 0.25) is 0 Å². The lowest BCUT2D eigenvalue weighted by Gasteiger charge is -2.50. The highest BCUT2D eigenvalue weighted by Gasteiger charge is 2.42. The third kappa shape index (κ3) is 2.40. The zero-order valence-electron chi connectivity index (χ0n) is 12.8. The number of rotatable bonds is 2. The van der Waals surface area contributed by atoms with E-state index in [0.29, 0.717) is 0 Å². The van der Waals surface area contributed by atoms with Crippen LogP contribution in [-0.2, 0) is 13.0 Å². The van der Waals surface area contributed by atoms with Crippen LogP contribution in [0.15, 0.2) is 24.3 Å². The van der Waals surface area contributed by atoms with Gasteiger partial charge in [-0.1, -0.05) is 44.0 Å². The van der Waals surface area contributed by atoms with E-state index in [9.17, 15) is 0 Å². The number of aryl methyl sites for hydroxylation is 1. The Morgan fingerprint density at radius 2 is 2.00 bits per heavy atom. The van der Waals surface area contributed by atoms with Crippen molar-refractivity contribution >= 4 is 0 Å². The smallest absolute Gasteiger partial charge is 0.0360 e. The Hall–Kier alpha value is -0.860. The summed E-state index contributed by atoms with van der Waals surface area (Å²) in [7, 11) is 0. The molecule has 0 saturated heterocycles. The maximum Gasteiger partial charge on any atom is 0.0360 e. The predicted octanol–water partition coefficient (Wildman–Crippen LogP) is 3.34. The minimum Gasteiger partial charge on any atom is -0.329 e. The summed E-state index contributed by atoms with van der Waals surface area (Å²) < 4.78 is 0. The Morgan fingerprint density at radius 1 is 1.20 bits per heavy atom. The molecule has 1 aromatic rings. The van der Waals surface area contributed by atoms with Crippen molar-refractivity contribution in [1.29, 1.82) is 0 Å². The number of benzene rings is 1. The van der Waals surface area contributed by atoms with E-state index in [2.05, 4.69) is 36.1 Å². The highest BCUT2D eigenvalue weighted by molar-refractivity contribution is 5.28. The van der Waals surface area contributed by atoms with Crippen molar-refractivity contribution in [1.82, 2.24) is 4.90 Å². The third-order valence-corrected chi connectivity index (χ3v) is 5.75. The Morgan fingerprint density at radius 3 is 2.75 bits per heavy atom. The quantitative estimate of drug-likeness (QED) is 0.894. The fraction of sp³-hybridized carbons (Fsp3) is 0.667. The molecule has 2 N–H and O–H groups in total. The molecule has 1 fully saturated rings. The van der Waals surface area contributed by atoms with Gasteiger partial charge >= 0.3 is 0 Å². The summed E-state index contributed by atoms with van der Waals surface area (Å²) in [6.07, 6.45) is 7.85. The lowest BCUT2D eigenvalue weighted by Crippen LogP contribution is -2.59. The van der Waals surface area contributed by atoms with Crippen LogP contribution < -0.4 is 5.73 Å². The zero-order valence-corrected chi connectivity index (χ0v) is 12.8. The van der Waals surface area contributed by atoms with Gasteiger partial charge in [0.2, 0.25) is 0 Å². The molecule has 1 aliphatic carbocycles. The highest BCUT2D eigenvalue weighted by atomic mass is 15.2. The molecule has 2 heteroatoms. The molecule has 1 heterocycles. The summed E-state index contributed by atoms with van der Waals surface area (Å²) in [5, 5.41) is 0. The Labute approximate surface area is 123 Å². The van der Waals surface area contributed by atoms with Gasteiger partial charge < -0.3 is 5.73 Å². The van der Waals surface area contributed by atoms with Gasteiger partial charge in [-0.2, -0.15) is 0 Å². The van der Waals surface area contributed by atoms with E-state index in [1.807, 2.05) is 0 Å². The molecule has 110 valence electrons. The summed E-state index contributed by atoms with van der Waals surface area (Å²) in [6.45, 7) is 5.53. The second-order valence-corrected chi connectivity index (χ2v) is 6.75. The third-order valence-electron chi connectivity index (χ3n) is 5.75. The van der Waals surface area contributed by atoms with Crippen LogP contribution in [-0.4, -0.2) is 23.5 Å². The summed E-state index contributed by atoms with van der Waals surface area (Å²) in [5.74, 6) is 0.728. The molecule has 2 atom stereocenters. The molecule has 20 heavy (non-hydrogen) atoms. The van der Waals surface area contributed by atoms with Gasteiger partial charge in [-0.25, -0.2) is 0 Å². The second-order valence-electron chi connectivity index (χ2n) is 6.75. The molecule has 0 aromatic heterocycles. The van der Waals surface area contributed by atoms with Gasteiger partial charge in [-0.15, -0.1) is 0 Å². The van der Waals surface area contributed by atoms with Gasteiger partial charge in [0.1, 0.15) is 0 Å². The van der Waals surface area contributed by atoms with Crippen molar-refractivity contribution in [2.75, 3.05) is 13.1 Å². The van der Waals surface area contributed by atoms with E-state index in [1.165, 1.54) is 50.6 Å². The monoisotopic (exact) mass is 272 g/mol. The van der Waals surface area contributed by atoms with Crippen LogP contribution in [0, 0.1) is 5.92 Å². The van der Waals surface area contributed by atoms with Crippen LogP contribution in [0.1, 0.15) is 50.2 Å². The first kappa shape index (κ1) is 14.1. The van der Waals surface area contributed by atoms with E-state index < -0.39 is 0 Å². The fourth-order valence-electron chi connectivity index (χ4n) is 4.38.